The zero-order chi connectivity index (χ0) is 12.8. The van der Waals surface area contributed by atoms with Crippen LogP contribution in [0.5, 0.6) is 0 Å². The molecule has 0 aromatic heterocycles. The van der Waals surface area contributed by atoms with E-state index in [-0.39, 0.29) is 6.04 Å². The van der Waals surface area contributed by atoms with E-state index in [4.69, 9.17) is 35.4 Å². The van der Waals surface area contributed by atoms with Crippen LogP contribution in [0.2, 0.25) is 10.0 Å². The van der Waals surface area contributed by atoms with Crippen LogP contribution in [0.1, 0.15) is 31.9 Å². The molecule has 0 fully saturated rings. The standard InChI is InChI=1S/C12H16Cl2N2S/c1-3-6-15-12(17)16-8(2)10-5-4-9(13)7-11(10)14/h4-5,7-8H,3,6H2,1-2H3,(H2,15,16,17). The van der Waals surface area contributed by atoms with Gasteiger partial charge < -0.3 is 10.6 Å². The van der Waals surface area contributed by atoms with Gasteiger partial charge in [0.1, 0.15) is 0 Å². The summed E-state index contributed by atoms with van der Waals surface area (Å²) in [6.45, 7) is 4.97. The van der Waals surface area contributed by atoms with Gasteiger partial charge in [-0.2, -0.15) is 0 Å². The number of halogens is 2. The molecule has 0 amide bonds. The molecule has 2 N–H and O–H groups in total. The van der Waals surface area contributed by atoms with Crippen molar-refractivity contribution in [2.45, 2.75) is 26.3 Å². The minimum atomic E-state index is 0.0524. The molecule has 0 saturated carbocycles. The van der Waals surface area contributed by atoms with Crippen molar-refractivity contribution in [1.82, 2.24) is 10.6 Å². The predicted molar refractivity (Wildman–Crippen MR) is 78.9 cm³/mol. The monoisotopic (exact) mass is 290 g/mol. The lowest BCUT2D eigenvalue weighted by Gasteiger charge is -2.18. The highest BCUT2D eigenvalue weighted by Gasteiger charge is 2.10. The average Bonchev–Trinajstić information content (AvgIpc) is 2.26. The number of rotatable bonds is 4. The Labute approximate surface area is 118 Å². The number of hydrogen-bond donors (Lipinski definition) is 2. The van der Waals surface area contributed by atoms with Crippen molar-refractivity contribution in [2.24, 2.45) is 0 Å². The van der Waals surface area contributed by atoms with E-state index in [2.05, 4.69) is 17.6 Å². The van der Waals surface area contributed by atoms with Crippen molar-refractivity contribution < 1.29 is 0 Å². The van der Waals surface area contributed by atoms with Gasteiger partial charge in [0.25, 0.3) is 0 Å². The summed E-state index contributed by atoms with van der Waals surface area (Å²) in [6, 6.07) is 5.52. The molecule has 2 nitrogen and oxygen atoms in total. The maximum atomic E-state index is 6.12. The molecule has 0 bridgehead atoms. The van der Waals surface area contributed by atoms with E-state index in [1.807, 2.05) is 19.1 Å². The van der Waals surface area contributed by atoms with E-state index in [0.717, 1.165) is 18.5 Å². The molecule has 5 heteroatoms. The van der Waals surface area contributed by atoms with Crippen LogP contribution in [-0.2, 0) is 0 Å². The van der Waals surface area contributed by atoms with E-state index in [1.165, 1.54) is 0 Å². The molecule has 1 rings (SSSR count). The number of hydrogen-bond acceptors (Lipinski definition) is 1. The fourth-order valence-corrected chi connectivity index (χ4v) is 2.27. The second-order valence-corrected chi connectivity index (χ2v) is 5.04. The van der Waals surface area contributed by atoms with Crippen LogP contribution < -0.4 is 10.6 Å². The Hall–Kier alpha value is -0.510. The molecule has 1 atom stereocenters. The number of thiocarbonyl (C=S) groups is 1. The molecule has 1 unspecified atom stereocenters. The summed E-state index contributed by atoms with van der Waals surface area (Å²) in [5, 5.41) is 8.23. The normalized spacial score (nSPS) is 12.0. The highest BCUT2D eigenvalue weighted by atomic mass is 35.5. The highest BCUT2D eigenvalue weighted by molar-refractivity contribution is 7.80. The van der Waals surface area contributed by atoms with Crippen LogP contribution in [0.15, 0.2) is 18.2 Å². The zero-order valence-corrected chi connectivity index (χ0v) is 12.2. The first-order valence-corrected chi connectivity index (χ1v) is 6.70. The Bertz CT molecular complexity index is 396. The van der Waals surface area contributed by atoms with Gasteiger partial charge in [-0.25, -0.2) is 0 Å². The van der Waals surface area contributed by atoms with E-state index in [9.17, 15) is 0 Å². The summed E-state index contributed by atoms with van der Waals surface area (Å²) < 4.78 is 0. The lowest BCUT2D eigenvalue weighted by molar-refractivity contribution is 0.694. The molecule has 0 aliphatic heterocycles. The molecular formula is C12H16Cl2N2S. The Kier molecular flexibility index (Phi) is 6.03. The summed E-state index contributed by atoms with van der Waals surface area (Å²) in [4.78, 5) is 0. The van der Waals surface area contributed by atoms with E-state index in [0.29, 0.717) is 15.2 Å². The van der Waals surface area contributed by atoms with Gasteiger partial charge in [-0.3, -0.25) is 0 Å². The zero-order valence-electron chi connectivity index (χ0n) is 9.89. The van der Waals surface area contributed by atoms with Crippen LogP contribution >= 0.6 is 35.4 Å². The van der Waals surface area contributed by atoms with E-state index >= 15 is 0 Å². The van der Waals surface area contributed by atoms with E-state index < -0.39 is 0 Å². The van der Waals surface area contributed by atoms with Gasteiger partial charge in [-0.05, 0) is 43.3 Å². The van der Waals surface area contributed by atoms with Gasteiger partial charge in [0.05, 0.1) is 6.04 Å². The lowest BCUT2D eigenvalue weighted by atomic mass is 10.1. The average molecular weight is 291 g/mol. The van der Waals surface area contributed by atoms with Crippen molar-refractivity contribution in [1.29, 1.82) is 0 Å². The van der Waals surface area contributed by atoms with Gasteiger partial charge in [-0.1, -0.05) is 36.2 Å². The molecule has 0 aliphatic carbocycles. The van der Waals surface area contributed by atoms with Crippen molar-refractivity contribution in [3.8, 4) is 0 Å². The topological polar surface area (TPSA) is 24.1 Å². The second kappa shape index (κ2) is 7.04. The predicted octanol–water partition coefficient (Wildman–Crippen LogP) is 3.93. The van der Waals surface area contributed by atoms with Crippen LogP contribution in [0.25, 0.3) is 0 Å². The second-order valence-electron chi connectivity index (χ2n) is 3.79. The van der Waals surface area contributed by atoms with Gasteiger partial charge in [-0.15, -0.1) is 0 Å². The van der Waals surface area contributed by atoms with E-state index in [1.54, 1.807) is 6.07 Å². The minimum absolute atomic E-state index is 0.0524. The first-order valence-electron chi connectivity index (χ1n) is 5.54. The molecule has 0 heterocycles. The Balaban J connectivity index is 2.63. The van der Waals surface area contributed by atoms with Crippen LogP contribution in [0, 0.1) is 0 Å². The van der Waals surface area contributed by atoms with Crippen LogP contribution in [0.4, 0.5) is 0 Å². The summed E-state index contributed by atoms with van der Waals surface area (Å²) in [6.07, 6.45) is 1.04. The number of nitrogens with one attached hydrogen (secondary N) is 2. The van der Waals surface area contributed by atoms with Gasteiger partial charge in [0.2, 0.25) is 0 Å². The smallest absolute Gasteiger partial charge is 0.166 e. The molecule has 1 aromatic rings. The third-order valence-corrected chi connectivity index (χ3v) is 3.14. The Morgan fingerprint density at radius 2 is 2.12 bits per heavy atom. The first kappa shape index (κ1) is 14.6. The Morgan fingerprint density at radius 1 is 1.41 bits per heavy atom. The maximum Gasteiger partial charge on any atom is 0.166 e. The first-order chi connectivity index (χ1) is 8.04. The van der Waals surface area contributed by atoms with Gasteiger partial charge in [0.15, 0.2) is 5.11 Å². The fourth-order valence-electron chi connectivity index (χ4n) is 1.42. The maximum absolute atomic E-state index is 6.12. The van der Waals surface area contributed by atoms with Crippen molar-refractivity contribution in [2.75, 3.05) is 6.54 Å². The molecule has 17 heavy (non-hydrogen) atoms. The van der Waals surface area contributed by atoms with Crippen LogP contribution in [-0.4, -0.2) is 11.7 Å². The summed E-state index contributed by atoms with van der Waals surface area (Å²) >= 11 is 17.2. The third kappa shape index (κ3) is 4.70. The highest BCUT2D eigenvalue weighted by Crippen LogP contribution is 2.25. The molecular weight excluding hydrogens is 275 g/mol. The molecule has 0 aliphatic rings. The Morgan fingerprint density at radius 3 is 2.71 bits per heavy atom. The summed E-state index contributed by atoms with van der Waals surface area (Å²) in [5.74, 6) is 0. The molecule has 94 valence electrons. The minimum Gasteiger partial charge on any atom is -0.363 e. The fraction of sp³-hybridized carbons (Fsp3) is 0.417. The molecule has 1 aromatic carbocycles. The third-order valence-electron chi connectivity index (χ3n) is 2.31. The molecule has 0 spiro atoms. The van der Waals surface area contributed by atoms with Crippen molar-refractivity contribution in [3.05, 3.63) is 33.8 Å². The molecule has 0 radical (unpaired) electrons. The van der Waals surface area contributed by atoms with Gasteiger partial charge in [0, 0.05) is 16.6 Å². The largest absolute Gasteiger partial charge is 0.363 e. The molecule has 0 saturated heterocycles. The summed E-state index contributed by atoms with van der Waals surface area (Å²) in [7, 11) is 0. The summed E-state index contributed by atoms with van der Waals surface area (Å²) in [5.41, 5.74) is 0.983. The van der Waals surface area contributed by atoms with Gasteiger partial charge >= 0.3 is 0 Å². The lowest BCUT2D eigenvalue weighted by Crippen LogP contribution is -2.37. The van der Waals surface area contributed by atoms with Crippen LogP contribution in [0.3, 0.4) is 0 Å². The number of benzene rings is 1. The SMILES string of the molecule is CCCNC(=S)NC(C)c1ccc(Cl)cc1Cl. The quantitative estimate of drug-likeness (QED) is 0.822. The van der Waals surface area contributed by atoms with Crippen molar-refractivity contribution in [3.63, 3.8) is 0 Å². The van der Waals surface area contributed by atoms with Crippen molar-refractivity contribution >= 4 is 40.5 Å².